The average molecular weight is 228 g/mol. The Balaban J connectivity index is 2.52. The van der Waals surface area contributed by atoms with E-state index in [-0.39, 0.29) is 0 Å². The second-order valence-corrected chi connectivity index (χ2v) is 6.91. The number of rotatable bonds is 2. The van der Waals surface area contributed by atoms with Gasteiger partial charge in [0, 0.05) is 10.3 Å². The predicted octanol–water partition coefficient (Wildman–Crippen LogP) is 4.38. The molecule has 2 aliphatic rings. The highest BCUT2D eigenvalue weighted by atomic mass is 32.2. The van der Waals surface area contributed by atoms with Gasteiger partial charge in [-0.15, -0.1) is 23.5 Å². The van der Waals surface area contributed by atoms with E-state index in [1.807, 2.05) is 23.5 Å². The molecule has 0 amide bonds. The molecule has 2 bridgehead atoms. The predicted molar refractivity (Wildman–Crippen MR) is 68.7 cm³/mol. The molecule has 0 heterocycles. The van der Waals surface area contributed by atoms with Gasteiger partial charge in [0.2, 0.25) is 0 Å². The summed E-state index contributed by atoms with van der Waals surface area (Å²) in [6.07, 6.45) is 7.29. The van der Waals surface area contributed by atoms with Crippen LogP contribution in [-0.2, 0) is 0 Å². The zero-order chi connectivity index (χ0) is 10.6. The normalized spacial score (nSPS) is 39.6. The van der Waals surface area contributed by atoms with E-state index in [0.29, 0.717) is 10.8 Å². The monoisotopic (exact) mass is 228 g/mol. The van der Waals surface area contributed by atoms with Crippen LogP contribution in [0.3, 0.4) is 0 Å². The lowest BCUT2D eigenvalue weighted by molar-refractivity contribution is 0.178. The minimum atomic E-state index is 0.468. The number of allylic oxidation sites excluding steroid dienone is 2. The first kappa shape index (κ1) is 10.9. The van der Waals surface area contributed by atoms with Crippen molar-refractivity contribution in [2.24, 2.45) is 16.7 Å². The van der Waals surface area contributed by atoms with Gasteiger partial charge < -0.3 is 0 Å². The van der Waals surface area contributed by atoms with Crippen molar-refractivity contribution in [3.05, 3.63) is 9.81 Å². The zero-order valence-corrected chi connectivity index (χ0v) is 11.4. The third-order valence-electron chi connectivity index (χ3n) is 4.69. The quantitative estimate of drug-likeness (QED) is 0.688. The fourth-order valence-corrected chi connectivity index (χ4v) is 6.12. The van der Waals surface area contributed by atoms with E-state index < -0.39 is 0 Å². The van der Waals surface area contributed by atoms with Gasteiger partial charge >= 0.3 is 0 Å². The maximum Gasteiger partial charge on any atom is 0.00497 e. The van der Waals surface area contributed by atoms with Crippen molar-refractivity contribution in [2.75, 3.05) is 12.5 Å². The van der Waals surface area contributed by atoms with Crippen LogP contribution in [0.5, 0.6) is 0 Å². The van der Waals surface area contributed by atoms with Crippen molar-refractivity contribution in [3.63, 3.8) is 0 Å². The first-order chi connectivity index (χ1) is 6.49. The maximum atomic E-state index is 2.47. The van der Waals surface area contributed by atoms with Gasteiger partial charge in [-0.2, -0.15) is 0 Å². The SMILES string of the molecule is CSC1=C(SC)C2(C)CCC1C2(C)C. The summed E-state index contributed by atoms with van der Waals surface area (Å²) in [6.45, 7) is 7.40. The van der Waals surface area contributed by atoms with Crippen LogP contribution in [0.1, 0.15) is 33.6 Å². The lowest BCUT2D eigenvalue weighted by Crippen LogP contribution is -2.29. The first-order valence-corrected chi connectivity index (χ1v) is 7.76. The highest BCUT2D eigenvalue weighted by Gasteiger charge is 2.60. The van der Waals surface area contributed by atoms with Crippen molar-refractivity contribution in [1.29, 1.82) is 0 Å². The maximum absolute atomic E-state index is 2.47. The fourth-order valence-electron chi connectivity index (χ4n) is 3.36. The fraction of sp³-hybridized carbons (Fsp3) is 0.833. The van der Waals surface area contributed by atoms with Gasteiger partial charge in [-0.25, -0.2) is 0 Å². The Bertz CT molecular complexity index is 291. The second kappa shape index (κ2) is 3.21. The Morgan fingerprint density at radius 1 is 1.14 bits per heavy atom. The summed E-state index contributed by atoms with van der Waals surface area (Å²) >= 11 is 3.98. The Kier molecular flexibility index (Phi) is 2.51. The van der Waals surface area contributed by atoms with E-state index >= 15 is 0 Å². The summed E-state index contributed by atoms with van der Waals surface area (Å²) in [6, 6.07) is 0. The Labute approximate surface area is 96.3 Å². The van der Waals surface area contributed by atoms with Gasteiger partial charge in [-0.05, 0) is 41.6 Å². The molecule has 2 atom stereocenters. The van der Waals surface area contributed by atoms with Crippen LogP contribution in [-0.4, -0.2) is 12.5 Å². The molecule has 0 spiro atoms. The minimum absolute atomic E-state index is 0.468. The van der Waals surface area contributed by atoms with Crippen LogP contribution in [0, 0.1) is 16.7 Å². The Morgan fingerprint density at radius 3 is 2.21 bits per heavy atom. The van der Waals surface area contributed by atoms with E-state index in [2.05, 4.69) is 33.3 Å². The van der Waals surface area contributed by atoms with Crippen molar-refractivity contribution in [2.45, 2.75) is 33.6 Å². The van der Waals surface area contributed by atoms with Crippen LogP contribution in [0.15, 0.2) is 9.81 Å². The summed E-state index contributed by atoms with van der Waals surface area (Å²) in [7, 11) is 0. The molecule has 0 saturated heterocycles. The van der Waals surface area contributed by atoms with E-state index in [0.717, 1.165) is 5.92 Å². The van der Waals surface area contributed by atoms with Crippen LogP contribution in [0.2, 0.25) is 0 Å². The van der Waals surface area contributed by atoms with Crippen LogP contribution >= 0.6 is 23.5 Å². The van der Waals surface area contributed by atoms with Crippen molar-refractivity contribution < 1.29 is 0 Å². The smallest absolute Gasteiger partial charge is 0.00497 e. The Hall–Kier alpha value is 0.440. The first-order valence-electron chi connectivity index (χ1n) is 5.31. The molecule has 1 fully saturated rings. The molecule has 0 N–H and O–H groups in total. The van der Waals surface area contributed by atoms with E-state index in [9.17, 15) is 0 Å². The molecule has 80 valence electrons. The van der Waals surface area contributed by atoms with Gasteiger partial charge in [0.15, 0.2) is 0 Å². The van der Waals surface area contributed by atoms with E-state index in [4.69, 9.17) is 0 Å². The highest BCUT2D eigenvalue weighted by molar-refractivity contribution is 8.06. The molecular weight excluding hydrogens is 208 g/mol. The zero-order valence-electron chi connectivity index (χ0n) is 9.81. The largest absolute Gasteiger partial charge is 0.133 e. The van der Waals surface area contributed by atoms with Gasteiger partial charge in [0.1, 0.15) is 0 Å². The van der Waals surface area contributed by atoms with Crippen molar-refractivity contribution in [3.8, 4) is 0 Å². The average Bonchev–Trinajstić information content (AvgIpc) is 2.46. The van der Waals surface area contributed by atoms with E-state index in [1.165, 1.54) is 12.8 Å². The molecule has 0 aromatic rings. The number of fused-ring (bicyclic) bond motifs is 2. The molecule has 0 aromatic carbocycles. The molecule has 14 heavy (non-hydrogen) atoms. The number of hydrogen-bond donors (Lipinski definition) is 0. The lowest BCUT2D eigenvalue weighted by atomic mass is 9.70. The van der Waals surface area contributed by atoms with Crippen LogP contribution in [0.4, 0.5) is 0 Å². The standard InChI is InChI=1S/C12H20S2/c1-11(2)8-6-7-12(11,3)10(14-5)9(8)13-4/h8H,6-7H2,1-5H3. The molecule has 2 heteroatoms. The molecule has 0 radical (unpaired) electrons. The molecule has 2 unspecified atom stereocenters. The molecular formula is C12H20S2. The van der Waals surface area contributed by atoms with Gasteiger partial charge in [-0.1, -0.05) is 20.8 Å². The minimum Gasteiger partial charge on any atom is -0.133 e. The van der Waals surface area contributed by atoms with Crippen molar-refractivity contribution >= 4 is 23.5 Å². The summed E-state index contributed by atoms with van der Waals surface area (Å²) in [5.74, 6) is 0.838. The lowest BCUT2D eigenvalue weighted by Gasteiger charge is -2.36. The molecule has 0 aromatic heterocycles. The summed E-state index contributed by atoms with van der Waals surface area (Å²) in [5.41, 5.74) is 0.957. The molecule has 2 rings (SSSR count). The topological polar surface area (TPSA) is 0 Å². The molecule has 0 aliphatic heterocycles. The van der Waals surface area contributed by atoms with Crippen molar-refractivity contribution in [1.82, 2.24) is 0 Å². The number of thioether (sulfide) groups is 2. The highest BCUT2D eigenvalue weighted by Crippen LogP contribution is 2.71. The van der Waals surface area contributed by atoms with Gasteiger partial charge in [0.25, 0.3) is 0 Å². The number of hydrogen-bond acceptors (Lipinski definition) is 2. The molecule has 1 saturated carbocycles. The second-order valence-electron chi connectivity index (χ2n) is 5.25. The third-order valence-corrected chi connectivity index (χ3v) is 6.83. The van der Waals surface area contributed by atoms with Gasteiger partial charge in [0.05, 0.1) is 0 Å². The Morgan fingerprint density at radius 2 is 1.79 bits per heavy atom. The van der Waals surface area contributed by atoms with Gasteiger partial charge in [-0.3, -0.25) is 0 Å². The summed E-state index contributed by atoms with van der Waals surface area (Å²) in [4.78, 5) is 3.38. The summed E-state index contributed by atoms with van der Waals surface area (Å²) < 4.78 is 0. The third kappa shape index (κ3) is 1.05. The van der Waals surface area contributed by atoms with E-state index in [1.54, 1.807) is 9.81 Å². The molecule has 0 nitrogen and oxygen atoms in total. The summed E-state index contributed by atoms with van der Waals surface area (Å²) in [5, 5.41) is 0. The molecule has 2 aliphatic carbocycles. The van der Waals surface area contributed by atoms with Crippen LogP contribution in [0.25, 0.3) is 0 Å². The van der Waals surface area contributed by atoms with Crippen LogP contribution < -0.4 is 0 Å².